The maximum absolute atomic E-state index is 12.2. The molecule has 0 aliphatic carbocycles. The van der Waals surface area contributed by atoms with Crippen LogP contribution < -0.4 is 5.84 Å². The molecule has 2 N–H and O–H groups in total. The van der Waals surface area contributed by atoms with Crippen LogP contribution in [0.5, 0.6) is 0 Å². The van der Waals surface area contributed by atoms with Crippen molar-refractivity contribution in [3.63, 3.8) is 0 Å². The maximum atomic E-state index is 12.2. The molecular weight excluding hydrogens is 250 g/mol. The van der Waals surface area contributed by atoms with Crippen molar-refractivity contribution in [2.45, 2.75) is 50.4 Å². The van der Waals surface area contributed by atoms with E-state index in [4.69, 9.17) is 5.84 Å². The fourth-order valence-electron chi connectivity index (χ4n) is 2.45. The van der Waals surface area contributed by atoms with E-state index in [1.807, 2.05) is 4.90 Å². The normalized spacial score (nSPS) is 24.2. The predicted octanol–water partition coefficient (Wildman–Crippen LogP) is 0.873. The van der Waals surface area contributed by atoms with Gasteiger partial charge in [-0.2, -0.15) is 0 Å². The average Bonchev–Trinajstić information content (AvgIpc) is 2.72. The van der Waals surface area contributed by atoms with E-state index >= 15 is 0 Å². The van der Waals surface area contributed by atoms with Gasteiger partial charge in [-0.3, -0.25) is 4.79 Å². The first-order chi connectivity index (χ1) is 8.59. The summed E-state index contributed by atoms with van der Waals surface area (Å²) in [5, 5.41) is 8.11. The number of aromatic nitrogens is 3. The molecule has 0 unspecified atom stereocenters. The van der Waals surface area contributed by atoms with Gasteiger partial charge in [0.05, 0.1) is 5.75 Å². The topological polar surface area (TPSA) is 77.0 Å². The Kier molecular flexibility index (Phi) is 4.11. The molecule has 0 saturated carbocycles. The van der Waals surface area contributed by atoms with E-state index in [0.717, 1.165) is 12.8 Å². The van der Waals surface area contributed by atoms with Crippen molar-refractivity contribution in [1.29, 1.82) is 0 Å². The Bertz CT molecular complexity index is 411. The highest BCUT2D eigenvalue weighted by Gasteiger charge is 2.28. The number of likely N-dealkylation sites (tertiary alicyclic amines) is 1. The van der Waals surface area contributed by atoms with E-state index in [-0.39, 0.29) is 5.91 Å². The van der Waals surface area contributed by atoms with Crippen LogP contribution in [0, 0.1) is 0 Å². The number of nitrogen functional groups attached to an aromatic ring is 1. The summed E-state index contributed by atoms with van der Waals surface area (Å²) in [6.07, 6.45) is 4.82. The fourth-order valence-corrected chi connectivity index (χ4v) is 3.15. The Balaban J connectivity index is 1.93. The van der Waals surface area contributed by atoms with Crippen LogP contribution in [0.2, 0.25) is 0 Å². The first-order valence-electron chi connectivity index (χ1n) is 6.18. The smallest absolute Gasteiger partial charge is 0.233 e. The van der Waals surface area contributed by atoms with Gasteiger partial charge in [0, 0.05) is 12.1 Å². The number of carbonyl (C=O) groups is 1. The molecule has 2 heterocycles. The summed E-state index contributed by atoms with van der Waals surface area (Å²) in [6.45, 7) is 4.23. The molecule has 0 bridgehead atoms. The van der Waals surface area contributed by atoms with Crippen LogP contribution in [-0.4, -0.2) is 43.5 Å². The third kappa shape index (κ3) is 2.77. The van der Waals surface area contributed by atoms with Crippen molar-refractivity contribution >= 4 is 17.7 Å². The lowest BCUT2D eigenvalue weighted by atomic mass is 9.98. The minimum absolute atomic E-state index is 0.155. The van der Waals surface area contributed by atoms with Crippen molar-refractivity contribution in [2.24, 2.45) is 0 Å². The average molecular weight is 269 g/mol. The number of nitrogens with zero attached hydrogens (tertiary/aromatic N) is 4. The number of hydrogen-bond acceptors (Lipinski definition) is 5. The van der Waals surface area contributed by atoms with Crippen LogP contribution in [0.4, 0.5) is 0 Å². The lowest BCUT2D eigenvalue weighted by Crippen LogP contribution is -2.48. The second-order valence-corrected chi connectivity index (χ2v) is 5.68. The summed E-state index contributed by atoms with van der Waals surface area (Å²) in [6, 6.07) is 0.662. The second-order valence-electron chi connectivity index (χ2n) is 4.74. The Morgan fingerprint density at radius 3 is 2.72 bits per heavy atom. The molecule has 1 saturated heterocycles. The molecule has 2 atom stereocenters. The summed E-state index contributed by atoms with van der Waals surface area (Å²) < 4.78 is 1.33. The Morgan fingerprint density at radius 2 is 2.17 bits per heavy atom. The van der Waals surface area contributed by atoms with Gasteiger partial charge in [-0.15, -0.1) is 10.2 Å². The third-order valence-electron chi connectivity index (χ3n) is 3.35. The van der Waals surface area contributed by atoms with Crippen molar-refractivity contribution in [3.05, 3.63) is 6.33 Å². The summed E-state index contributed by atoms with van der Waals surface area (Å²) in [5.74, 6) is 6.13. The zero-order chi connectivity index (χ0) is 13.1. The lowest BCUT2D eigenvalue weighted by Gasteiger charge is -2.39. The van der Waals surface area contributed by atoms with Crippen molar-refractivity contribution < 1.29 is 4.79 Å². The lowest BCUT2D eigenvalue weighted by molar-refractivity contribution is -0.134. The first kappa shape index (κ1) is 13.2. The van der Waals surface area contributed by atoms with E-state index in [2.05, 4.69) is 24.0 Å². The van der Waals surface area contributed by atoms with E-state index in [0.29, 0.717) is 23.0 Å². The Hall–Kier alpha value is -1.24. The molecule has 0 radical (unpaired) electrons. The molecular formula is C11H19N5OS. The largest absolute Gasteiger partial charge is 0.337 e. The van der Waals surface area contributed by atoms with E-state index in [1.165, 1.54) is 29.2 Å². The van der Waals surface area contributed by atoms with Gasteiger partial charge >= 0.3 is 0 Å². The number of carbonyl (C=O) groups excluding carboxylic acids is 1. The van der Waals surface area contributed by atoms with Gasteiger partial charge in [0.15, 0.2) is 0 Å². The highest BCUT2D eigenvalue weighted by atomic mass is 32.2. The monoisotopic (exact) mass is 269 g/mol. The van der Waals surface area contributed by atoms with Crippen molar-refractivity contribution in [1.82, 2.24) is 19.8 Å². The van der Waals surface area contributed by atoms with E-state index in [1.54, 1.807) is 0 Å². The zero-order valence-electron chi connectivity index (χ0n) is 10.7. The van der Waals surface area contributed by atoms with Crippen molar-refractivity contribution in [3.8, 4) is 0 Å². The van der Waals surface area contributed by atoms with Gasteiger partial charge in [-0.25, -0.2) is 4.68 Å². The molecule has 1 aromatic heterocycles. The molecule has 1 aromatic rings. The molecule has 18 heavy (non-hydrogen) atoms. The standard InChI is InChI=1S/C11H19N5OS/c1-8-4-3-5-9(2)16(8)10(17)6-18-11-14-13-7-15(11)12/h7-9H,3-6,12H2,1-2H3/t8-,9+. The quantitative estimate of drug-likeness (QED) is 0.651. The highest BCUT2D eigenvalue weighted by Crippen LogP contribution is 2.24. The summed E-state index contributed by atoms with van der Waals surface area (Å²) in [4.78, 5) is 14.2. The number of hydrogen-bond donors (Lipinski definition) is 1. The molecule has 0 spiro atoms. The maximum Gasteiger partial charge on any atom is 0.233 e. The summed E-state index contributed by atoms with van der Waals surface area (Å²) in [7, 11) is 0. The Labute approximate surface area is 111 Å². The van der Waals surface area contributed by atoms with E-state index in [9.17, 15) is 4.79 Å². The molecule has 0 aromatic carbocycles. The number of nitrogens with two attached hydrogens (primary N) is 1. The molecule has 100 valence electrons. The van der Waals surface area contributed by atoms with Gasteiger partial charge in [0.1, 0.15) is 6.33 Å². The number of amides is 1. The molecule has 1 aliphatic heterocycles. The fraction of sp³-hybridized carbons (Fsp3) is 0.727. The highest BCUT2D eigenvalue weighted by molar-refractivity contribution is 7.99. The van der Waals surface area contributed by atoms with Crippen LogP contribution in [0.15, 0.2) is 11.5 Å². The van der Waals surface area contributed by atoms with Crippen LogP contribution in [0.25, 0.3) is 0 Å². The van der Waals surface area contributed by atoms with E-state index < -0.39 is 0 Å². The molecule has 1 aliphatic rings. The van der Waals surface area contributed by atoms with Gasteiger partial charge in [0.25, 0.3) is 0 Å². The van der Waals surface area contributed by atoms with Crippen molar-refractivity contribution in [2.75, 3.05) is 11.6 Å². The molecule has 6 nitrogen and oxygen atoms in total. The second kappa shape index (κ2) is 5.60. The minimum atomic E-state index is 0.155. The Morgan fingerprint density at radius 1 is 1.50 bits per heavy atom. The summed E-state index contributed by atoms with van der Waals surface area (Å²) >= 11 is 1.33. The predicted molar refractivity (Wildman–Crippen MR) is 70.5 cm³/mol. The zero-order valence-corrected chi connectivity index (χ0v) is 11.6. The first-order valence-corrected chi connectivity index (χ1v) is 7.17. The number of piperidine rings is 1. The number of rotatable bonds is 3. The molecule has 1 fully saturated rings. The van der Waals surface area contributed by atoms with Gasteiger partial charge < -0.3 is 10.7 Å². The van der Waals surface area contributed by atoms with Gasteiger partial charge in [-0.05, 0) is 33.1 Å². The summed E-state index contributed by atoms with van der Waals surface area (Å²) in [5.41, 5.74) is 0. The SMILES string of the molecule is C[C@@H]1CCC[C@H](C)N1C(=O)CSc1nncn1N. The van der Waals surface area contributed by atoms with Crippen LogP contribution in [-0.2, 0) is 4.79 Å². The molecule has 1 amide bonds. The minimum Gasteiger partial charge on any atom is -0.337 e. The number of thioether (sulfide) groups is 1. The third-order valence-corrected chi connectivity index (χ3v) is 4.29. The van der Waals surface area contributed by atoms with Gasteiger partial charge in [0.2, 0.25) is 11.1 Å². The van der Waals surface area contributed by atoms with Gasteiger partial charge in [-0.1, -0.05) is 11.8 Å². The molecule has 2 rings (SSSR count). The van der Waals surface area contributed by atoms with Crippen LogP contribution >= 0.6 is 11.8 Å². The van der Waals surface area contributed by atoms with Crippen LogP contribution in [0.1, 0.15) is 33.1 Å². The van der Waals surface area contributed by atoms with Crippen LogP contribution in [0.3, 0.4) is 0 Å². The molecule has 7 heteroatoms.